The molecule has 0 fully saturated rings. The zero-order valence-corrected chi connectivity index (χ0v) is 14.8. The van der Waals surface area contributed by atoms with E-state index >= 15 is 0 Å². The van der Waals surface area contributed by atoms with Gasteiger partial charge >= 0.3 is 33.9 Å². The maximum Gasteiger partial charge on any atom is 0 e. The van der Waals surface area contributed by atoms with Crippen LogP contribution in [0.15, 0.2) is 42.5 Å². The summed E-state index contributed by atoms with van der Waals surface area (Å²) >= 11 is 0. The van der Waals surface area contributed by atoms with Gasteiger partial charge < -0.3 is 4.74 Å². The van der Waals surface area contributed by atoms with Crippen molar-refractivity contribution in [3.05, 3.63) is 73.6 Å². The molecule has 0 N–H and O–H groups in total. The second-order valence-corrected chi connectivity index (χ2v) is 4.47. The van der Waals surface area contributed by atoms with Gasteiger partial charge in [0.1, 0.15) is 5.75 Å². The fourth-order valence-electron chi connectivity index (χ4n) is 2.46. The molecule has 2 rings (SSSR count). The normalized spacial score (nSPS) is 14.2. The van der Waals surface area contributed by atoms with Crippen molar-refractivity contribution < 1.29 is 35.8 Å². The van der Waals surface area contributed by atoms with Crippen molar-refractivity contribution in [2.24, 2.45) is 0 Å². The Morgan fingerprint density at radius 3 is 2.25 bits per heavy atom. The first-order valence-electron chi connectivity index (χ1n) is 6.92. The van der Waals surface area contributed by atoms with Crippen LogP contribution < -0.4 is 4.74 Å². The molecule has 24 heavy (non-hydrogen) atoms. The Morgan fingerprint density at radius 1 is 1.08 bits per heavy atom. The van der Waals surface area contributed by atoms with Gasteiger partial charge in [-0.15, -0.1) is 0 Å². The molecule has 0 heterocycles. The second-order valence-electron chi connectivity index (χ2n) is 4.47. The summed E-state index contributed by atoms with van der Waals surface area (Å²) in [5.74, 6) is 1.54. The minimum Gasteiger partial charge on any atom is 0 e. The molecule has 0 saturated heterocycles. The van der Waals surface area contributed by atoms with Crippen molar-refractivity contribution in [2.45, 2.75) is 32.1 Å². The van der Waals surface area contributed by atoms with Crippen molar-refractivity contribution in [1.82, 2.24) is 0 Å². The summed E-state index contributed by atoms with van der Waals surface area (Å²) in [5, 5.41) is 0. The van der Waals surface area contributed by atoms with Gasteiger partial charge in [-0.05, 0) is 49.4 Å². The minimum atomic E-state index is 0. The Bertz CT molecular complexity index is 542. The molecule has 1 aliphatic rings. The molecule has 1 aromatic rings. The summed E-state index contributed by atoms with van der Waals surface area (Å²) in [6, 6.07) is 6.48. The maximum atomic E-state index is 7.50. The number of benzene rings is 1. The Labute approximate surface area is 154 Å². The Morgan fingerprint density at radius 2 is 1.71 bits per heavy atom. The molecule has 0 aromatic heterocycles. The number of hydrogen-bond acceptors (Lipinski definition) is 1. The zero-order valence-electron chi connectivity index (χ0n) is 13.7. The number of hydrogen-bond donors (Lipinski definition) is 0. The first-order chi connectivity index (χ1) is 11.3. The molecular formula is C19H20FeO4. The molecule has 1 aromatic carbocycles. The molecule has 4 nitrogen and oxygen atoms in total. The van der Waals surface area contributed by atoms with E-state index in [1.807, 2.05) is 6.92 Å². The topological polar surface area (TPSA) is 68.9 Å². The quantitative estimate of drug-likeness (QED) is 0.342. The smallest absolute Gasteiger partial charge is 0 e. The van der Waals surface area contributed by atoms with Crippen molar-refractivity contribution >= 4 is 0 Å². The molecule has 0 radical (unpaired) electrons. The summed E-state index contributed by atoms with van der Waals surface area (Å²) in [5.41, 5.74) is 2.92. The molecule has 0 aliphatic heterocycles. The molecule has 128 valence electrons. The minimum absolute atomic E-state index is 0. The van der Waals surface area contributed by atoms with Crippen LogP contribution in [0.4, 0.5) is 0 Å². The Balaban J connectivity index is -0.000000569. The second kappa shape index (κ2) is 19.3. The van der Waals surface area contributed by atoms with Gasteiger partial charge in [-0.2, -0.15) is 0 Å². The van der Waals surface area contributed by atoms with Crippen molar-refractivity contribution in [1.29, 1.82) is 0 Å². The SMILES string of the molecule is C/C=C/C=C/C1CCCc2cc(OC)ccc21.[C-]#[O+].[C-]#[O+].[C-]#[O+].[Fe]. The van der Waals surface area contributed by atoms with Gasteiger partial charge in [0.15, 0.2) is 0 Å². The van der Waals surface area contributed by atoms with Gasteiger partial charge in [0, 0.05) is 23.0 Å². The molecule has 5 heteroatoms. The molecule has 0 spiro atoms. The third-order valence-electron chi connectivity index (χ3n) is 3.36. The summed E-state index contributed by atoms with van der Waals surface area (Å²) in [4.78, 5) is 0. The third-order valence-corrected chi connectivity index (χ3v) is 3.36. The van der Waals surface area contributed by atoms with Crippen molar-refractivity contribution in [3.8, 4) is 5.75 Å². The molecule has 1 unspecified atom stereocenters. The fourth-order valence-corrected chi connectivity index (χ4v) is 2.46. The fraction of sp³-hybridized carbons (Fsp3) is 0.316. The first-order valence-corrected chi connectivity index (χ1v) is 6.92. The zero-order chi connectivity index (χ0) is 18.1. The largest absolute Gasteiger partial charge is 0 e. The van der Waals surface area contributed by atoms with E-state index in [9.17, 15) is 0 Å². The molecular weight excluding hydrogens is 348 g/mol. The van der Waals surface area contributed by atoms with E-state index in [4.69, 9.17) is 18.7 Å². The number of fused-ring (bicyclic) bond motifs is 1. The molecule has 1 atom stereocenters. The Kier molecular flexibility index (Phi) is 21.8. The standard InChI is InChI=1S/C16H20O.3CO.Fe/c1-3-4-5-7-13-8-6-9-14-12-15(17-2)10-11-16(13)14;3*1-2;/h3-5,7,10-13H,6,8-9H2,1-2H3;;;;/b4-3+,7-5+;;;;. The van der Waals surface area contributed by atoms with Crippen LogP contribution in [0.2, 0.25) is 0 Å². The Hall–Kier alpha value is -1.76. The maximum absolute atomic E-state index is 7.50. The summed E-state index contributed by atoms with van der Waals surface area (Å²) in [6.07, 6.45) is 12.3. The van der Waals surface area contributed by atoms with Gasteiger partial charge in [0.25, 0.3) is 0 Å². The summed E-state index contributed by atoms with van der Waals surface area (Å²) in [7, 11) is 1.73. The van der Waals surface area contributed by atoms with Crippen molar-refractivity contribution in [2.75, 3.05) is 7.11 Å². The third kappa shape index (κ3) is 9.39. The van der Waals surface area contributed by atoms with Gasteiger partial charge in [0.2, 0.25) is 0 Å². The molecule has 1 aliphatic carbocycles. The van der Waals surface area contributed by atoms with Crippen LogP contribution in [-0.2, 0) is 37.4 Å². The predicted molar refractivity (Wildman–Crippen MR) is 84.4 cm³/mol. The predicted octanol–water partition coefficient (Wildman–Crippen LogP) is 4.13. The average Bonchev–Trinajstić information content (AvgIpc) is 2.66. The van der Waals surface area contributed by atoms with E-state index in [-0.39, 0.29) is 17.1 Å². The van der Waals surface area contributed by atoms with Gasteiger partial charge in [-0.1, -0.05) is 30.4 Å². The number of rotatable bonds is 3. The average molecular weight is 368 g/mol. The van der Waals surface area contributed by atoms with Gasteiger partial charge in [-0.25, -0.2) is 0 Å². The number of methoxy groups -OCH3 is 1. The number of allylic oxidation sites excluding steroid dienone is 4. The van der Waals surface area contributed by atoms with Crippen LogP contribution in [0, 0.1) is 20.0 Å². The number of ether oxygens (including phenoxy) is 1. The van der Waals surface area contributed by atoms with Crippen LogP contribution in [0.1, 0.15) is 36.8 Å². The van der Waals surface area contributed by atoms with Crippen LogP contribution in [0.5, 0.6) is 5.75 Å². The first kappa shape index (κ1) is 27.1. The van der Waals surface area contributed by atoms with E-state index in [1.54, 1.807) is 7.11 Å². The van der Waals surface area contributed by atoms with Gasteiger partial charge in [-0.3, -0.25) is 0 Å². The molecule has 0 amide bonds. The monoisotopic (exact) mass is 368 g/mol. The van der Waals surface area contributed by atoms with E-state index in [0.29, 0.717) is 5.92 Å². The molecule has 0 saturated carbocycles. The van der Waals surface area contributed by atoms with Crippen LogP contribution in [0.25, 0.3) is 0 Å². The van der Waals surface area contributed by atoms with E-state index in [2.05, 4.69) is 62.5 Å². The van der Waals surface area contributed by atoms with E-state index in [0.717, 1.165) is 5.75 Å². The van der Waals surface area contributed by atoms with Crippen LogP contribution >= 0.6 is 0 Å². The summed E-state index contributed by atoms with van der Waals surface area (Å²) in [6.45, 7) is 15.5. The van der Waals surface area contributed by atoms with E-state index < -0.39 is 0 Å². The van der Waals surface area contributed by atoms with Crippen molar-refractivity contribution in [3.63, 3.8) is 0 Å². The summed E-state index contributed by atoms with van der Waals surface area (Å²) < 4.78 is 27.8. The van der Waals surface area contributed by atoms with Crippen LogP contribution in [-0.4, -0.2) is 7.11 Å². The van der Waals surface area contributed by atoms with Gasteiger partial charge in [0.05, 0.1) is 7.11 Å². The molecule has 0 bridgehead atoms. The number of aryl methyl sites for hydroxylation is 1. The van der Waals surface area contributed by atoms with E-state index in [1.165, 1.54) is 30.4 Å². The van der Waals surface area contributed by atoms with Crippen LogP contribution in [0.3, 0.4) is 0 Å².